The van der Waals surface area contributed by atoms with E-state index in [0.717, 1.165) is 59.4 Å². The van der Waals surface area contributed by atoms with Gasteiger partial charge in [0.25, 0.3) is 0 Å². The highest BCUT2D eigenvalue weighted by Crippen LogP contribution is 2.40. The minimum atomic E-state index is 0.954. The van der Waals surface area contributed by atoms with Crippen LogP contribution in [0.2, 0.25) is 0 Å². The number of benzene rings is 7. The molecule has 0 aliphatic heterocycles. The molecule has 0 unspecified atom stereocenters. The standard InChI is InChI=1S/C59H43N3/c1-4-14-40(15-5-1)42-24-30-48(31-25-42)61-56-22-12-10-20-50(56)52-36-45(28-34-58(52)61)46-29-35-59-53(37-46)51-21-11-13-23-57(51)62(59)49-32-26-44(27-33-49)55-39-47(41-16-6-2-7-17-41)38-54(60-55)43-18-8-3-9-19-43/h1-4,6-14,16-24,26-30,32-39H,5,15,25,31H2. The number of allylic oxidation sites excluding steroid dienone is 8. The van der Waals surface area contributed by atoms with E-state index in [1.807, 2.05) is 0 Å². The zero-order chi connectivity index (χ0) is 41.0. The molecule has 0 saturated heterocycles. The van der Waals surface area contributed by atoms with Crippen molar-refractivity contribution in [2.24, 2.45) is 0 Å². The van der Waals surface area contributed by atoms with Crippen LogP contribution in [0, 0.1) is 0 Å². The van der Waals surface area contributed by atoms with Crippen molar-refractivity contribution >= 4 is 49.3 Å². The maximum absolute atomic E-state index is 5.19. The van der Waals surface area contributed by atoms with Gasteiger partial charge in [0.15, 0.2) is 0 Å². The van der Waals surface area contributed by atoms with Crippen LogP contribution < -0.4 is 0 Å². The van der Waals surface area contributed by atoms with E-state index >= 15 is 0 Å². The fourth-order valence-electron chi connectivity index (χ4n) is 9.86. The summed E-state index contributed by atoms with van der Waals surface area (Å²) in [6.07, 6.45) is 15.9. The number of fused-ring (bicyclic) bond motifs is 6. The molecule has 294 valence electrons. The minimum Gasteiger partial charge on any atom is -0.313 e. The fourth-order valence-corrected chi connectivity index (χ4v) is 9.86. The Morgan fingerprint density at radius 1 is 0.355 bits per heavy atom. The Kier molecular flexibility index (Phi) is 8.78. The average Bonchev–Trinajstić information content (AvgIpc) is 3.87. The van der Waals surface area contributed by atoms with Crippen molar-refractivity contribution in [1.82, 2.24) is 14.1 Å². The van der Waals surface area contributed by atoms with Gasteiger partial charge in [0.05, 0.1) is 33.5 Å². The molecule has 0 radical (unpaired) electrons. The Morgan fingerprint density at radius 2 is 0.887 bits per heavy atom. The van der Waals surface area contributed by atoms with Crippen molar-refractivity contribution in [2.45, 2.75) is 25.7 Å². The number of rotatable bonds is 7. The molecule has 0 amide bonds. The second-order valence-electron chi connectivity index (χ2n) is 16.6. The number of pyridine rings is 1. The molecule has 12 rings (SSSR count). The van der Waals surface area contributed by atoms with Crippen molar-refractivity contribution in [3.05, 3.63) is 224 Å². The zero-order valence-corrected chi connectivity index (χ0v) is 34.4. The van der Waals surface area contributed by atoms with Gasteiger partial charge < -0.3 is 9.13 Å². The van der Waals surface area contributed by atoms with Gasteiger partial charge in [0.2, 0.25) is 0 Å². The molecular weight excluding hydrogens is 751 g/mol. The molecule has 0 atom stereocenters. The van der Waals surface area contributed by atoms with Crippen LogP contribution >= 0.6 is 0 Å². The highest BCUT2D eigenvalue weighted by Gasteiger charge is 2.19. The molecule has 7 aromatic carbocycles. The predicted molar refractivity (Wildman–Crippen MR) is 261 cm³/mol. The van der Waals surface area contributed by atoms with Crippen LogP contribution in [-0.2, 0) is 0 Å². The van der Waals surface area contributed by atoms with Crippen molar-refractivity contribution < 1.29 is 0 Å². The third-order valence-electron chi connectivity index (χ3n) is 12.9. The molecule has 3 aromatic heterocycles. The van der Waals surface area contributed by atoms with Gasteiger partial charge >= 0.3 is 0 Å². The lowest BCUT2D eigenvalue weighted by Gasteiger charge is -2.20. The number of hydrogen-bond donors (Lipinski definition) is 0. The normalized spacial score (nSPS) is 14.1. The lowest BCUT2D eigenvalue weighted by molar-refractivity contribution is 0.885. The monoisotopic (exact) mass is 793 g/mol. The lowest BCUT2D eigenvalue weighted by Crippen LogP contribution is -2.03. The Labute approximate surface area is 361 Å². The van der Waals surface area contributed by atoms with Crippen molar-refractivity contribution in [3.63, 3.8) is 0 Å². The summed E-state index contributed by atoms with van der Waals surface area (Å²) in [4.78, 5) is 5.19. The summed E-state index contributed by atoms with van der Waals surface area (Å²) in [5.74, 6) is 0. The maximum atomic E-state index is 5.19. The first-order valence-electron chi connectivity index (χ1n) is 21.8. The smallest absolute Gasteiger partial charge is 0.0715 e. The quantitative estimate of drug-likeness (QED) is 0.158. The summed E-state index contributed by atoms with van der Waals surface area (Å²) in [6.45, 7) is 0. The predicted octanol–water partition coefficient (Wildman–Crippen LogP) is 15.8. The largest absolute Gasteiger partial charge is 0.313 e. The highest BCUT2D eigenvalue weighted by molar-refractivity contribution is 6.13. The number of aromatic nitrogens is 3. The summed E-state index contributed by atoms with van der Waals surface area (Å²) in [7, 11) is 0. The van der Waals surface area contributed by atoms with Crippen LogP contribution in [0.4, 0.5) is 0 Å². The number of para-hydroxylation sites is 2. The molecule has 0 saturated carbocycles. The van der Waals surface area contributed by atoms with Crippen molar-refractivity contribution in [3.8, 4) is 50.5 Å². The van der Waals surface area contributed by atoms with Crippen LogP contribution in [0.15, 0.2) is 224 Å². The van der Waals surface area contributed by atoms with Crippen molar-refractivity contribution in [1.29, 1.82) is 0 Å². The molecule has 3 heteroatoms. The van der Waals surface area contributed by atoms with Crippen LogP contribution in [0.5, 0.6) is 0 Å². The van der Waals surface area contributed by atoms with E-state index in [4.69, 9.17) is 4.98 Å². The summed E-state index contributed by atoms with van der Waals surface area (Å²) in [6, 6.07) is 66.1. The van der Waals surface area contributed by atoms with E-state index in [1.165, 1.54) is 77.1 Å². The molecule has 0 bridgehead atoms. The second-order valence-corrected chi connectivity index (χ2v) is 16.6. The van der Waals surface area contributed by atoms with Gasteiger partial charge in [-0.1, -0.05) is 146 Å². The Balaban J connectivity index is 0.922. The van der Waals surface area contributed by atoms with Crippen LogP contribution in [-0.4, -0.2) is 14.1 Å². The van der Waals surface area contributed by atoms with Gasteiger partial charge in [-0.2, -0.15) is 0 Å². The van der Waals surface area contributed by atoms with Crippen LogP contribution in [0.3, 0.4) is 0 Å². The van der Waals surface area contributed by atoms with E-state index < -0.39 is 0 Å². The summed E-state index contributed by atoms with van der Waals surface area (Å²) < 4.78 is 4.90. The Hall–Kier alpha value is -7.75. The molecule has 62 heavy (non-hydrogen) atoms. The lowest BCUT2D eigenvalue weighted by atomic mass is 9.90. The molecule has 10 aromatic rings. The molecule has 3 heterocycles. The molecular formula is C59H43N3. The van der Waals surface area contributed by atoms with E-state index in [0.29, 0.717) is 0 Å². The highest BCUT2D eigenvalue weighted by atomic mass is 15.0. The van der Waals surface area contributed by atoms with Gasteiger partial charge in [-0.15, -0.1) is 0 Å². The van der Waals surface area contributed by atoms with Crippen LogP contribution in [0.25, 0.3) is 99.8 Å². The van der Waals surface area contributed by atoms with Gasteiger partial charge in [0.1, 0.15) is 0 Å². The molecule has 2 aliphatic carbocycles. The topological polar surface area (TPSA) is 22.8 Å². The van der Waals surface area contributed by atoms with Crippen molar-refractivity contribution in [2.75, 3.05) is 0 Å². The SMILES string of the molecule is C1=CCCC(C2=CC=C(n3c4ccccc4c4cc(-c5ccc6c(c5)c5ccccc5n6-c5ccc(-c6cc(-c7ccccc7)cc(-c7ccccc7)n6)cc5)ccc43)CC2)=C1. The molecule has 0 spiro atoms. The maximum Gasteiger partial charge on any atom is 0.0715 e. The third kappa shape index (κ3) is 6.24. The summed E-state index contributed by atoms with van der Waals surface area (Å²) in [5.41, 5.74) is 19.2. The fraction of sp³-hybridized carbons (Fsp3) is 0.0678. The molecule has 2 aliphatic rings. The summed E-state index contributed by atoms with van der Waals surface area (Å²) >= 11 is 0. The number of nitrogens with zero attached hydrogens (tertiary/aromatic N) is 3. The molecule has 3 nitrogen and oxygen atoms in total. The average molecular weight is 794 g/mol. The Morgan fingerprint density at radius 3 is 1.50 bits per heavy atom. The van der Waals surface area contributed by atoms with Gasteiger partial charge in [-0.25, -0.2) is 4.98 Å². The van der Waals surface area contributed by atoms with E-state index in [1.54, 1.807) is 0 Å². The van der Waals surface area contributed by atoms with Gasteiger partial charge in [-0.3, -0.25) is 0 Å². The molecule has 0 fully saturated rings. The third-order valence-corrected chi connectivity index (χ3v) is 12.9. The number of hydrogen-bond acceptors (Lipinski definition) is 1. The second kappa shape index (κ2) is 15.1. The van der Waals surface area contributed by atoms with Gasteiger partial charge in [-0.05, 0) is 126 Å². The van der Waals surface area contributed by atoms with Gasteiger partial charge in [0, 0.05) is 44.1 Å². The van der Waals surface area contributed by atoms with Crippen LogP contribution in [0.1, 0.15) is 25.7 Å². The Bertz CT molecular complexity index is 3420. The summed E-state index contributed by atoms with van der Waals surface area (Å²) in [5, 5.41) is 5.07. The van der Waals surface area contributed by atoms with E-state index in [-0.39, 0.29) is 0 Å². The zero-order valence-electron chi connectivity index (χ0n) is 34.4. The molecule has 0 N–H and O–H groups in total. The minimum absolute atomic E-state index is 0.954. The van der Waals surface area contributed by atoms with E-state index in [2.05, 4.69) is 222 Å². The first-order chi connectivity index (χ1) is 30.7. The first kappa shape index (κ1) is 36.1. The van der Waals surface area contributed by atoms with E-state index in [9.17, 15) is 0 Å². The first-order valence-corrected chi connectivity index (χ1v) is 21.8.